The van der Waals surface area contributed by atoms with Gasteiger partial charge in [0.25, 0.3) is 5.91 Å². The van der Waals surface area contributed by atoms with Crippen molar-refractivity contribution in [3.8, 4) is 5.75 Å². The Kier molecular flexibility index (Phi) is 5.22. The second-order valence-electron chi connectivity index (χ2n) is 5.58. The number of hydrogen-bond acceptors (Lipinski definition) is 3. The fourth-order valence-corrected chi connectivity index (χ4v) is 2.58. The predicted octanol–water partition coefficient (Wildman–Crippen LogP) is 3.67. The number of carbonyl (C=O) groups is 1. The normalized spacial score (nSPS) is 10.9. The second-order valence-corrected chi connectivity index (χ2v) is 5.58. The van der Waals surface area contributed by atoms with Gasteiger partial charge >= 0.3 is 0 Å². The minimum absolute atomic E-state index is 0.189. The Bertz CT molecular complexity index is 805. The van der Waals surface area contributed by atoms with Crippen LogP contribution in [0.1, 0.15) is 22.6 Å². The van der Waals surface area contributed by atoms with Gasteiger partial charge in [0.2, 0.25) is 0 Å². The van der Waals surface area contributed by atoms with Gasteiger partial charge < -0.3 is 5.11 Å². The fourth-order valence-electron chi connectivity index (χ4n) is 2.58. The largest absolute Gasteiger partial charge is 0.508 e. The van der Waals surface area contributed by atoms with Gasteiger partial charge in [0.15, 0.2) is 0 Å². The van der Waals surface area contributed by atoms with Gasteiger partial charge in [-0.05, 0) is 41.0 Å². The number of carbonyl (C=O) groups excluding carboxylic acids is 1. The number of hydrogen-bond donors (Lipinski definition) is 2. The number of benzene rings is 3. The van der Waals surface area contributed by atoms with Gasteiger partial charge in [0.05, 0.1) is 12.1 Å². The lowest BCUT2D eigenvalue weighted by atomic mass is 9.91. The van der Waals surface area contributed by atoms with Crippen molar-refractivity contribution in [3.05, 3.63) is 102 Å². The molecule has 0 fully saturated rings. The number of phenolic OH excluding ortho intramolecular Hbond substituents is 1. The summed E-state index contributed by atoms with van der Waals surface area (Å²) in [6.07, 6.45) is 1.55. The highest BCUT2D eigenvalue weighted by molar-refractivity contribution is 5.88. The van der Waals surface area contributed by atoms with Crippen LogP contribution in [0.4, 0.5) is 0 Å². The standard InChI is InChI=1S/C21H18N2O2/c24-19-13-11-16(12-14-19)15-22-23-21(25)20(17-7-3-1-4-8-17)18-9-5-2-6-10-18/h1-15,20,24H,(H,23,25). The number of phenols is 1. The SMILES string of the molecule is O=C(NN=Cc1ccc(O)cc1)C(c1ccccc1)c1ccccc1. The lowest BCUT2D eigenvalue weighted by Gasteiger charge is -2.16. The van der Waals surface area contributed by atoms with E-state index in [9.17, 15) is 9.90 Å². The lowest BCUT2D eigenvalue weighted by molar-refractivity contribution is -0.121. The van der Waals surface area contributed by atoms with Crippen molar-refractivity contribution >= 4 is 12.1 Å². The van der Waals surface area contributed by atoms with E-state index in [1.54, 1.807) is 30.5 Å². The molecule has 3 aromatic rings. The van der Waals surface area contributed by atoms with Crippen LogP contribution in [0.2, 0.25) is 0 Å². The molecule has 3 aromatic carbocycles. The molecule has 1 amide bonds. The molecule has 0 aromatic heterocycles. The summed E-state index contributed by atoms with van der Waals surface area (Å²) in [5.41, 5.74) is 5.21. The highest BCUT2D eigenvalue weighted by Gasteiger charge is 2.22. The van der Waals surface area contributed by atoms with E-state index in [-0.39, 0.29) is 11.7 Å². The first-order valence-electron chi connectivity index (χ1n) is 7.96. The van der Waals surface area contributed by atoms with Gasteiger partial charge in [-0.1, -0.05) is 60.7 Å². The van der Waals surface area contributed by atoms with Crippen molar-refractivity contribution < 1.29 is 9.90 Å². The van der Waals surface area contributed by atoms with E-state index in [1.807, 2.05) is 60.7 Å². The molecule has 0 bridgehead atoms. The first kappa shape index (κ1) is 16.5. The molecule has 0 aliphatic rings. The number of nitrogens with one attached hydrogen (secondary N) is 1. The van der Waals surface area contributed by atoms with Crippen LogP contribution in [0.15, 0.2) is 90.0 Å². The fraction of sp³-hybridized carbons (Fsp3) is 0.0476. The summed E-state index contributed by atoms with van der Waals surface area (Å²) in [6, 6.07) is 25.8. The smallest absolute Gasteiger partial charge is 0.252 e. The minimum Gasteiger partial charge on any atom is -0.508 e. The van der Waals surface area contributed by atoms with Gasteiger partial charge in [-0.25, -0.2) is 5.43 Å². The van der Waals surface area contributed by atoms with Crippen molar-refractivity contribution in [2.75, 3.05) is 0 Å². The van der Waals surface area contributed by atoms with Crippen molar-refractivity contribution in [2.24, 2.45) is 5.10 Å². The van der Waals surface area contributed by atoms with E-state index < -0.39 is 5.92 Å². The van der Waals surface area contributed by atoms with Crippen LogP contribution in [-0.4, -0.2) is 17.2 Å². The van der Waals surface area contributed by atoms with Gasteiger partial charge in [-0.15, -0.1) is 0 Å². The highest BCUT2D eigenvalue weighted by atomic mass is 16.3. The molecule has 25 heavy (non-hydrogen) atoms. The minimum atomic E-state index is -0.431. The summed E-state index contributed by atoms with van der Waals surface area (Å²) in [5.74, 6) is -0.443. The first-order chi connectivity index (χ1) is 12.2. The van der Waals surface area contributed by atoms with Crippen molar-refractivity contribution in [1.82, 2.24) is 5.43 Å². The molecule has 2 N–H and O–H groups in total. The van der Waals surface area contributed by atoms with Crippen LogP contribution in [0.5, 0.6) is 5.75 Å². The molecule has 0 aliphatic carbocycles. The third-order valence-corrected chi connectivity index (χ3v) is 3.81. The average molecular weight is 330 g/mol. The van der Waals surface area contributed by atoms with Crippen LogP contribution in [-0.2, 0) is 4.79 Å². The van der Waals surface area contributed by atoms with Crippen LogP contribution in [0.3, 0.4) is 0 Å². The van der Waals surface area contributed by atoms with E-state index in [0.29, 0.717) is 0 Å². The zero-order valence-electron chi connectivity index (χ0n) is 13.5. The molecular weight excluding hydrogens is 312 g/mol. The monoisotopic (exact) mass is 330 g/mol. The third-order valence-electron chi connectivity index (χ3n) is 3.81. The van der Waals surface area contributed by atoms with Crippen LogP contribution in [0, 0.1) is 0 Å². The maximum absolute atomic E-state index is 12.7. The number of hydrazone groups is 1. The Hall–Kier alpha value is -3.40. The van der Waals surface area contributed by atoms with Crippen LogP contribution in [0.25, 0.3) is 0 Å². The summed E-state index contributed by atoms with van der Waals surface area (Å²) in [4.78, 5) is 12.7. The Morgan fingerprint density at radius 2 is 1.36 bits per heavy atom. The summed E-state index contributed by atoms with van der Waals surface area (Å²) in [6.45, 7) is 0. The van der Waals surface area contributed by atoms with Crippen LogP contribution >= 0.6 is 0 Å². The van der Waals surface area contributed by atoms with E-state index in [4.69, 9.17) is 0 Å². The molecule has 0 saturated heterocycles. The number of nitrogens with zero attached hydrogens (tertiary/aromatic N) is 1. The zero-order chi connectivity index (χ0) is 17.5. The van der Waals surface area contributed by atoms with Crippen molar-refractivity contribution in [2.45, 2.75) is 5.92 Å². The Labute approximate surface area is 146 Å². The number of aromatic hydroxyl groups is 1. The quantitative estimate of drug-likeness (QED) is 0.554. The third kappa shape index (κ3) is 4.32. The molecule has 0 atom stereocenters. The molecule has 0 spiro atoms. The molecule has 4 nitrogen and oxygen atoms in total. The number of amides is 1. The highest BCUT2D eigenvalue weighted by Crippen LogP contribution is 2.24. The van der Waals surface area contributed by atoms with Gasteiger partial charge in [0.1, 0.15) is 5.75 Å². The summed E-state index contributed by atoms with van der Waals surface area (Å²) < 4.78 is 0. The van der Waals surface area contributed by atoms with Crippen molar-refractivity contribution in [1.29, 1.82) is 0 Å². The summed E-state index contributed by atoms with van der Waals surface area (Å²) in [5, 5.41) is 13.3. The molecule has 0 unspecified atom stereocenters. The van der Waals surface area contributed by atoms with Gasteiger partial charge in [-0.3, -0.25) is 4.79 Å². The van der Waals surface area contributed by atoms with E-state index in [2.05, 4.69) is 10.5 Å². The average Bonchev–Trinajstić information content (AvgIpc) is 2.65. The maximum atomic E-state index is 12.7. The number of rotatable bonds is 5. The maximum Gasteiger partial charge on any atom is 0.252 e. The first-order valence-corrected chi connectivity index (χ1v) is 7.96. The van der Waals surface area contributed by atoms with Gasteiger partial charge in [0, 0.05) is 0 Å². The molecule has 3 rings (SSSR count). The second kappa shape index (κ2) is 7.93. The summed E-state index contributed by atoms with van der Waals surface area (Å²) >= 11 is 0. The molecule has 0 saturated carbocycles. The van der Waals surface area contributed by atoms with E-state index in [1.165, 1.54) is 0 Å². The molecule has 0 aliphatic heterocycles. The van der Waals surface area contributed by atoms with Gasteiger partial charge in [-0.2, -0.15) is 5.10 Å². The van der Waals surface area contributed by atoms with Crippen LogP contribution < -0.4 is 5.43 Å². The lowest BCUT2D eigenvalue weighted by Crippen LogP contribution is -2.26. The topological polar surface area (TPSA) is 61.7 Å². The zero-order valence-corrected chi connectivity index (χ0v) is 13.5. The molecule has 0 radical (unpaired) electrons. The molecule has 124 valence electrons. The summed E-state index contributed by atoms with van der Waals surface area (Å²) in [7, 11) is 0. The Morgan fingerprint density at radius 1 is 0.840 bits per heavy atom. The Morgan fingerprint density at radius 3 is 1.88 bits per heavy atom. The van der Waals surface area contributed by atoms with E-state index in [0.717, 1.165) is 16.7 Å². The molecule has 4 heteroatoms. The van der Waals surface area contributed by atoms with E-state index >= 15 is 0 Å². The predicted molar refractivity (Wildman–Crippen MR) is 98.6 cm³/mol. The molecule has 0 heterocycles. The molecular formula is C21H18N2O2. The van der Waals surface area contributed by atoms with Crippen molar-refractivity contribution in [3.63, 3.8) is 0 Å². The Balaban J connectivity index is 1.79.